The molecule has 12 heavy (non-hydrogen) atoms. The van der Waals surface area contributed by atoms with E-state index in [1.54, 1.807) is 0 Å². The highest BCUT2D eigenvalue weighted by atomic mass is 16.1. The predicted molar refractivity (Wildman–Crippen MR) is 42.3 cm³/mol. The molecule has 1 aromatic carbocycles. The summed E-state index contributed by atoms with van der Waals surface area (Å²) in [5, 5.41) is 0. The first-order valence-corrected chi connectivity index (χ1v) is 3.22. The standard InChI is InChI=1S/C8H7N2O2/c9-7(11)5-2-1-3-6(4-5)8(10)12/h1-2,4H,(H2,9,11)(H2,10,12). The van der Waals surface area contributed by atoms with Crippen LogP contribution in [0.15, 0.2) is 18.2 Å². The molecule has 0 saturated carbocycles. The lowest BCUT2D eigenvalue weighted by atomic mass is 10.1. The minimum Gasteiger partial charge on any atom is -0.366 e. The largest absolute Gasteiger partial charge is 0.366 e. The van der Waals surface area contributed by atoms with Crippen molar-refractivity contribution in [1.29, 1.82) is 0 Å². The van der Waals surface area contributed by atoms with Gasteiger partial charge in [0.25, 0.3) is 0 Å². The van der Waals surface area contributed by atoms with Gasteiger partial charge in [-0.15, -0.1) is 0 Å². The van der Waals surface area contributed by atoms with Gasteiger partial charge in [-0.25, -0.2) is 0 Å². The molecule has 4 heteroatoms. The Morgan fingerprint density at radius 1 is 1.25 bits per heavy atom. The van der Waals surface area contributed by atoms with Crippen molar-refractivity contribution in [3.05, 3.63) is 35.4 Å². The summed E-state index contributed by atoms with van der Waals surface area (Å²) in [6.45, 7) is 0. The van der Waals surface area contributed by atoms with E-state index in [1.165, 1.54) is 18.2 Å². The smallest absolute Gasteiger partial charge is 0.249 e. The monoisotopic (exact) mass is 163 g/mol. The maximum atomic E-state index is 10.6. The Hall–Kier alpha value is -1.84. The van der Waals surface area contributed by atoms with Gasteiger partial charge < -0.3 is 11.5 Å². The third-order valence-electron chi connectivity index (χ3n) is 1.35. The molecule has 4 nitrogen and oxygen atoms in total. The van der Waals surface area contributed by atoms with Crippen LogP contribution in [0, 0.1) is 6.07 Å². The first-order valence-electron chi connectivity index (χ1n) is 3.22. The van der Waals surface area contributed by atoms with Crippen molar-refractivity contribution in [3.63, 3.8) is 0 Å². The molecule has 0 aliphatic heterocycles. The van der Waals surface area contributed by atoms with Gasteiger partial charge in [-0.05, 0) is 18.2 Å². The molecule has 2 amide bonds. The van der Waals surface area contributed by atoms with Crippen LogP contribution in [0.5, 0.6) is 0 Å². The van der Waals surface area contributed by atoms with Crippen molar-refractivity contribution in [1.82, 2.24) is 0 Å². The van der Waals surface area contributed by atoms with Crippen LogP contribution in [0.1, 0.15) is 20.7 Å². The minimum atomic E-state index is -0.627. The molecule has 0 aliphatic rings. The zero-order valence-corrected chi connectivity index (χ0v) is 6.20. The summed E-state index contributed by atoms with van der Waals surface area (Å²) < 4.78 is 0. The van der Waals surface area contributed by atoms with Crippen molar-refractivity contribution in [2.45, 2.75) is 0 Å². The van der Waals surface area contributed by atoms with Crippen LogP contribution in [0.2, 0.25) is 0 Å². The first kappa shape index (κ1) is 8.26. The van der Waals surface area contributed by atoms with E-state index in [1.807, 2.05) is 0 Å². The predicted octanol–water partition coefficient (Wildman–Crippen LogP) is -0.315. The molecule has 0 aliphatic carbocycles. The van der Waals surface area contributed by atoms with Crippen LogP contribution in [-0.4, -0.2) is 11.8 Å². The Morgan fingerprint density at radius 2 is 1.92 bits per heavy atom. The van der Waals surface area contributed by atoms with E-state index in [2.05, 4.69) is 6.07 Å². The molecule has 1 aromatic rings. The molecule has 0 bridgehead atoms. The quantitative estimate of drug-likeness (QED) is 0.626. The number of hydrogen-bond donors (Lipinski definition) is 2. The summed E-state index contributed by atoms with van der Waals surface area (Å²) in [6, 6.07) is 6.79. The summed E-state index contributed by atoms with van der Waals surface area (Å²) in [5.41, 5.74) is 10.3. The van der Waals surface area contributed by atoms with Crippen LogP contribution >= 0.6 is 0 Å². The fourth-order valence-corrected chi connectivity index (χ4v) is 0.762. The zero-order chi connectivity index (χ0) is 9.14. The molecule has 0 spiro atoms. The lowest BCUT2D eigenvalue weighted by molar-refractivity contribution is 0.0998. The van der Waals surface area contributed by atoms with Crippen LogP contribution in [-0.2, 0) is 0 Å². The van der Waals surface area contributed by atoms with Crippen molar-refractivity contribution in [3.8, 4) is 0 Å². The Balaban J connectivity index is 3.12. The average molecular weight is 163 g/mol. The molecule has 0 heterocycles. The van der Waals surface area contributed by atoms with Crippen LogP contribution in [0.4, 0.5) is 0 Å². The molecule has 0 unspecified atom stereocenters. The summed E-state index contributed by atoms with van der Waals surface area (Å²) in [6.07, 6.45) is 0. The number of benzene rings is 1. The second kappa shape index (κ2) is 3.04. The molecule has 1 radical (unpaired) electrons. The third kappa shape index (κ3) is 1.60. The molecule has 4 N–H and O–H groups in total. The summed E-state index contributed by atoms with van der Waals surface area (Å²) in [5.74, 6) is -1.22. The molecule has 0 aromatic heterocycles. The van der Waals surface area contributed by atoms with E-state index < -0.39 is 11.8 Å². The number of primary amides is 2. The fourth-order valence-electron chi connectivity index (χ4n) is 0.762. The molecule has 0 fully saturated rings. The fraction of sp³-hybridized carbons (Fsp3) is 0. The van der Waals surface area contributed by atoms with Crippen LogP contribution in [0.3, 0.4) is 0 Å². The van der Waals surface area contributed by atoms with E-state index in [9.17, 15) is 9.59 Å². The molecule has 0 atom stereocenters. The normalized spacial score (nSPS) is 9.33. The van der Waals surface area contributed by atoms with E-state index >= 15 is 0 Å². The average Bonchev–Trinajstić information content (AvgIpc) is 2.04. The van der Waals surface area contributed by atoms with Crippen molar-refractivity contribution in [2.24, 2.45) is 11.5 Å². The molecule has 1 rings (SSSR count). The Morgan fingerprint density at radius 3 is 2.42 bits per heavy atom. The highest BCUT2D eigenvalue weighted by Crippen LogP contribution is 2.02. The van der Waals surface area contributed by atoms with E-state index in [0.717, 1.165) is 0 Å². The molecule has 61 valence electrons. The maximum absolute atomic E-state index is 10.6. The zero-order valence-electron chi connectivity index (χ0n) is 6.20. The van der Waals surface area contributed by atoms with Crippen molar-refractivity contribution >= 4 is 11.8 Å². The minimum absolute atomic E-state index is 0.159. The van der Waals surface area contributed by atoms with E-state index in [4.69, 9.17) is 11.5 Å². The van der Waals surface area contributed by atoms with Gasteiger partial charge in [0.1, 0.15) is 0 Å². The number of rotatable bonds is 2. The molecular weight excluding hydrogens is 156 g/mol. The Bertz CT molecular complexity index is 304. The third-order valence-corrected chi connectivity index (χ3v) is 1.35. The summed E-state index contributed by atoms with van der Waals surface area (Å²) in [7, 11) is 0. The van der Waals surface area contributed by atoms with Gasteiger partial charge in [-0.1, -0.05) is 6.07 Å². The van der Waals surface area contributed by atoms with Gasteiger partial charge in [0.05, 0.1) is 0 Å². The summed E-state index contributed by atoms with van der Waals surface area (Å²) in [4.78, 5) is 21.2. The Labute approximate surface area is 69.2 Å². The van der Waals surface area contributed by atoms with Gasteiger partial charge >= 0.3 is 0 Å². The van der Waals surface area contributed by atoms with Gasteiger partial charge in [0.15, 0.2) is 0 Å². The lowest BCUT2D eigenvalue weighted by Crippen LogP contribution is -2.15. The first-order chi connectivity index (χ1) is 5.61. The van der Waals surface area contributed by atoms with Crippen LogP contribution < -0.4 is 11.5 Å². The maximum Gasteiger partial charge on any atom is 0.249 e. The Kier molecular flexibility index (Phi) is 2.09. The van der Waals surface area contributed by atoms with Gasteiger partial charge in [-0.2, -0.15) is 0 Å². The molecular formula is C8H7N2O2. The van der Waals surface area contributed by atoms with Crippen molar-refractivity contribution < 1.29 is 9.59 Å². The van der Waals surface area contributed by atoms with Crippen molar-refractivity contribution in [2.75, 3.05) is 0 Å². The lowest BCUT2D eigenvalue weighted by Gasteiger charge is -1.96. The number of carbonyl (C=O) groups excluding carboxylic acids is 2. The SMILES string of the molecule is NC(=O)c1[c]ccc(C(N)=O)c1. The second-order valence-corrected chi connectivity index (χ2v) is 2.22. The van der Waals surface area contributed by atoms with E-state index in [-0.39, 0.29) is 11.1 Å². The van der Waals surface area contributed by atoms with Crippen LogP contribution in [0.25, 0.3) is 0 Å². The number of carbonyl (C=O) groups is 2. The van der Waals surface area contributed by atoms with E-state index in [0.29, 0.717) is 0 Å². The number of hydrogen-bond acceptors (Lipinski definition) is 2. The second-order valence-electron chi connectivity index (χ2n) is 2.22. The highest BCUT2D eigenvalue weighted by molar-refractivity contribution is 5.98. The van der Waals surface area contributed by atoms with Gasteiger partial charge in [0.2, 0.25) is 11.8 Å². The summed E-state index contributed by atoms with van der Waals surface area (Å²) >= 11 is 0. The number of amides is 2. The topological polar surface area (TPSA) is 86.2 Å². The highest BCUT2D eigenvalue weighted by Gasteiger charge is 2.04. The number of nitrogens with two attached hydrogens (primary N) is 2. The molecule has 0 saturated heterocycles. The van der Waals surface area contributed by atoms with Gasteiger partial charge in [-0.3, -0.25) is 9.59 Å². The van der Waals surface area contributed by atoms with Gasteiger partial charge in [0, 0.05) is 11.1 Å².